The van der Waals surface area contributed by atoms with Crippen molar-refractivity contribution in [3.8, 4) is 11.5 Å². The fraction of sp³-hybridized carbons (Fsp3) is 0.667. The predicted molar refractivity (Wildman–Crippen MR) is 87.5 cm³/mol. The molecule has 0 amide bonds. The average molecular weight is 291 g/mol. The SMILES string of the molecule is CCCOc1cc2c(cc1OCCC)C(C)(C)CC2NC. The largest absolute Gasteiger partial charge is 0.490 e. The van der Waals surface area contributed by atoms with Crippen LogP contribution in [0, 0.1) is 0 Å². The second-order valence-electron chi connectivity index (χ2n) is 6.51. The van der Waals surface area contributed by atoms with Crippen LogP contribution in [-0.2, 0) is 5.41 Å². The summed E-state index contributed by atoms with van der Waals surface area (Å²) in [7, 11) is 2.03. The number of benzene rings is 1. The number of ether oxygens (including phenoxy) is 2. The van der Waals surface area contributed by atoms with Crippen molar-refractivity contribution in [2.75, 3.05) is 20.3 Å². The van der Waals surface area contributed by atoms with Crippen LogP contribution < -0.4 is 14.8 Å². The van der Waals surface area contributed by atoms with Crippen molar-refractivity contribution in [1.82, 2.24) is 5.32 Å². The smallest absolute Gasteiger partial charge is 0.161 e. The second kappa shape index (κ2) is 6.69. The van der Waals surface area contributed by atoms with Crippen molar-refractivity contribution in [2.45, 2.75) is 58.4 Å². The van der Waals surface area contributed by atoms with E-state index in [1.165, 1.54) is 11.1 Å². The van der Waals surface area contributed by atoms with Crippen LogP contribution in [0.25, 0.3) is 0 Å². The van der Waals surface area contributed by atoms with Crippen LogP contribution in [0.1, 0.15) is 64.1 Å². The third-order valence-electron chi connectivity index (χ3n) is 4.21. The Kier molecular flexibility index (Phi) is 5.15. The molecule has 1 aromatic carbocycles. The summed E-state index contributed by atoms with van der Waals surface area (Å²) in [5.74, 6) is 1.79. The Morgan fingerprint density at radius 3 is 2.19 bits per heavy atom. The van der Waals surface area contributed by atoms with Gasteiger partial charge in [-0.2, -0.15) is 0 Å². The molecule has 0 radical (unpaired) electrons. The summed E-state index contributed by atoms with van der Waals surface area (Å²) in [6, 6.07) is 4.79. The highest BCUT2D eigenvalue weighted by Crippen LogP contribution is 2.48. The lowest BCUT2D eigenvalue weighted by Crippen LogP contribution is -2.17. The summed E-state index contributed by atoms with van der Waals surface area (Å²) in [6.45, 7) is 10.3. The van der Waals surface area contributed by atoms with E-state index in [-0.39, 0.29) is 5.41 Å². The quantitative estimate of drug-likeness (QED) is 0.816. The molecule has 1 aliphatic carbocycles. The van der Waals surface area contributed by atoms with E-state index in [9.17, 15) is 0 Å². The zero-order valence-electron chi connectivity index (χ0n) is 14.1. The number of fused-ring (bicyclic) bond motifs is 1. The molecule has 21 heavy (non-hydrogen) atoms. The van der Waals surface area contributed by atoms with Crippen LogP contribution in [0.3, 0.4) is 0 Å². The molecule has 1 aliphatic rings. The van der Waals surface area contributed by atoms with E-state index < -0.39 is 0 Å². The molecular weight excluding hydrogens is 262 g/mol. The van der Waals surface area contributed by atoms with Gasteiger partial charge in [0, 0.05) is 6.04 Å². The first-order chi connectivity index (χ1) is 10.0. The van der Waals surface area contributed by atoms with E-state index in [1.54, 1.807) is 0 Å². The Hall–Kier alpha value is -1.22. The molecule has 0 saturated carbocycles. The van der Waals surface area contributed by atoms with E-state index in [0.717, 1.165) is 44.0 Å². The van der Waals surface area contributed by atoms with Crippen molar-refractivity contribution in [2.24, 2.45) is 0 Å². The van der Waals surface area contributed by atoms with Crippen molar-refractivity contribution in [3.05, 3.63) is 23.3 Å². The highest BCUT2D eigenvalue weighted by atomic mass is 16.5. The van der Waals surface area contributed by atoms with Crippen LogP contribution in [0.5, 0.6) is 11.5 Å². The van der Waals surface area contributed by atoms with Gasteiger partial charge in [-0.15, -0.1) is 0 Å². The van der Waals surface area contributed by atoms with Gasteiger partial charge in [-0.05, 0) is 55.0 Å². The molecule has 3 nitrogen and oxygen atoms in total. The zero-order valence-corrected chi connectivity index (χ0v) is 14.1. The minimum absolute atomic E-state index is 0.177. The highest BCUT2D eigenvalue weighted by Gasteiger charge is 2.37. The molecule has 0 saturated heterocycles. The molecule has 1 atom stereocenters. The Labute approximate surface area is 129 Å². The standard InChI is InChI=1S/C18H29NO2/c1-6-8-20-16-10-13-14(11-17(16)21-9-7-2)18(3,4)12-15(13)19-5/h10-11,15,19H,6-9,12H2,1-5H3. The Morgan fingerprint density at radius 2 is 1.67 bits per heavy atom. The summed E-state index contributed by atoms with van der Waals surface area (Å²) in [6.07, 6.45) is 3.13. The third-order valence-corrected chi connectivity index (χ3v) is 4.21. The molecule has 118 valence electrons. The van der Waals surface area contributed by atoms with Gasteiger partial charge in [-0.3, -0.25) is 0 Å². The third kappa shape index (κ3) is 3.34. The normalized spacial score (nSPS) is 19.4. The molecule has 0 aromatic heterocycles. The van der Waals surface area contributed by atoms with E-state index in [1.807, 2.05) is 7.05 Å². The zero-order chi connectivity index (χ0) is 15.5. The fourth-order valence-electron chi connectivity index (χ4n) is 3.09. The summed E-state index contributed by atoms with van der Waals surface area (Å²) in [4.78, 5) is 0. The van der Waals surface area contributed by atoms with Crippen molar-refractivity contribution < 1.29 is 9.47 Å². The lowest BCUT2D eigenvalue weighted by molar-refractivity contribution is 0.267. The van der Waals surface area contributed by atoms with Gasteiger partial charge in [0.05, 0.1) is 13.2 Å². The van der Waals surface area contributed by atoms with Gasteiger partial charge in [0.2, 0.25) is 0 Å². The number of hydrogen-bond acceptors (Lipinski definition) is 3. The van der Waals surface area contributed by atoms with Gasteiger partial charge >= 0.3 is 0 Å². The van der Waals surface area contributed by atoms with Crippen LogP contribution in [0.4, 0.5) is 0 Å². The fourth-order valence-corrected chi connectivity index (χ4v) is 3.09. The van der Waals surface area contributed by atoms with Gasteiger partial charge < -0.3 is 14.8 Å². The summed E-state index contributed by atoms with van der Waals surface area (Å²) < 4.78 is 11.8. The van der Waals surface area contributed by atoms with Gasteiger partial charge in [-0.1, -0.05) is 27.7 Å². The first-order valence-electron chi connectivity index (χ1n) is 8.14. The number of rotatable bonds is 7. The Morgan fingerprint density at radius 1 is 1.10 bits per heavy atom. The molecule has 0 heterocycles. The van der Waals surface area contributed by atoms with Crippen LogP contribution in [-0.4, -0.2) is 20.3 Å². The minimum atomic E-state index is 0.177. The van der Waals surface area contributed by atoms with E-state index in [2.05, 4.69) is 45.1 Å². The van der Waals surface area contributed by atoms with Crippen LogP contribution in [0.15, 0.2) is 12.1 Å². The molecular formula is C18H29NO2. The summed E-state index contributed by atoms with van der Waals surface area (Å²) >= 11 is 0. The predicted octanol–water partition coefficient (Wildman–Crippen LogP) is 4.21. The van der Waals surface area contributed by atoms with Gasteiger partial charge in [0.25, 0.3) is 0 Å². The topological polar surface area (TPSA) is 30.5 Å². The van der Waals surface area contributed by atoms with Crippen LogP contribution in [0.2, 0.25) is 0 Å². The maximum Gasteiger partial charge on any atom is 0.161 e. The maximum absolute atomic E-state index is 5.93. The second-order valence-corrected chi connectivity index (χ2v) is 6.51. The van der Waals surface area contributed by atoms with Gasteiger partial charge in [-0.25, -0.2) is 0 Å². The van der Waals surface area contributed by atoms with E-state index >= 15 is 0 Å². The first kappa shape index (κ1) is 16.2. The minimum Gasteiger partial charge on any atom is -0.490 e. The molecule has 0 spiro atoms. The van der Waals surface area contributed by atoms with E-state index in [4.69, 9.17) is 9.47 Å². The lowest BCUT2D eigenvalue weighted by atomic mass is 9.86. The van der Waals surface area contributed by atoms with Crippen molar-refractivity contribution >= 4 is 0 Å². The monoisotopic (exact) mass is 291 g/mol. The highest BCUT2D eigenvalue weighted by molar-refractivity contribution is 5.53. The number of hydrogen-bond donors (Lipinski definition) is 1. The lowest BCUT2D eigenvalue weighted by Gasteiger charge is -2.21. The average Bonchev–Trinajstić information content (AvgIpc) is 2.73. The van der Waals surface area contributed by atoms with Crippen LogP contribution >= 0.6 is 0 Å². The molecule has 1 aromatic rings. The van der Waals surface area contributed by atoms with Gasteiger partial charge in [0.15, 0.2) is 11.5 Å². The first-order valence-corrected chi connectivity index (χ1v) is 8.14. The van der Waals surface area contributed by atoms with Gasteiger partial charge in [0.1, 0.15) is 0 Å². The van der Waals surface area contributed by atoms with E-state index in [0.29, 0.717) is 6.04 Å². The summed E-state index contributed by atoms with van der Waals surface area (Å²) in [5, 5.41) is 3.43. The number of nitrogens with one attached hydrogen (secondary N) is 1. The van der Waals surface area contributed by atoms with Crippen molar-refractivity contribution in [1.29, 1.82) is 0 Å². The Balaban J connectivity index is 2.41. The molecule has 0 bridgehead atoms. The molecule has 1 N–H and O–H groups in total. The molecule has 0 aliphatic heterocycles. The molecule has 2 rings (SSSR count). The molecule has 1 unspecified atom stereocenters. The maximum atomic E-state index is 5.93. The molecule has 0 fully saturated rings. The summed E-state index contributed by atoms with van der Waals surface area (Å²) in [5.41, 5.74) is 2.92. The van der Waals surface area contributed by atoms with Crippen molar-refractivity contribution in [3.63, 3.8) is 0 Å². The Bertz CT molecular complexity index is 482. The molecule has 3 heteroatoms.